The molecule has 0 aliphatic heterocycles. The summed E-state index contributed by atoms with van der Waals surface area (Å²) in [6.07, 6.45) is 0.479. The zero-order valence-corrected chi connectivity index (χ0v) is 8.72. The van der Waals surface area contributed by atoms with Crippen molar-refractivity contribution in [2.75, 3.05) is 26.8 Å². The van der Waals surface area contributed by atoms with Crippen molar-refractivity contribution in [3.63, 3.8) is 0 Å². The lowest BCUT2D eigenvalue weighted by Gasteiger charge is -2.05. The zero-order chi connectivity index (χ0) is 11.1. The maximum Gasteiger partial charge on any atom is 0.162 e. The first-order chi connectivity index (χ1) is 7.25. The van der Waals surface area contributed by atoms with Gasteiger partial charge >= 0.3 is 0 Å². The Morgan fingerprint density at radius 2 is 2.07 bits per heavy atom. The van der Waals surface area contributed by atoms with E-state index in [4.69, 9.17) is 4.74 Å². The van der Waals surface area contributed by atoms with Gasteiger partial charge in [-0.3, -0.25) is 0 Å². The number of benzene rings is 1. The van der Waals surface area contributed by atoms with Crippen molar-refractivity contribution >= 4 is 0 Å². The summed E-state index contributed by atoms with van der Waals surface area (Å²) in [5.74, 6) is -1.53. The van der Waals surface area contributed by atoms with Crippen molar-refractivity contribution < 1.29 is 13.5 Å². The fourth-order valence-corrected chi connectivity index (χ4v) is 1.26. The van der Waals surface area contributed by atoms with Crippen molar-refractivity contribution in [2.24, 2.45) is 0 Å². The summed E-state index contributed by atoms with van der Waals surface area (Å²) in [6.45, 7) is 1.95. The van der Waals surface area contributed by atoms with Gasteiger partial charge in [0.05, 0.1) is 6.61 Å². The summed E-state index contributed by atoms with van der Waals surface area (Å²) in [4.78, 5) is 0. The summed E-state index contributed by atoms with van der Waals surface area (Å²) in [6, 6.07) is 4.23. The molecule has 1 aromatic carbocycles. The van der Waals surface area contributed by atoms with E-state index < -0.39 is 11.6 Å². The third kappa shape index (κ3) is 3.93. The van der Waals surface area contributed by atoms with Crippen molar-refractivity contribution in [2.45, 2.75) is 6.42 Å². The molecular formula is C11H15F2NO. The van der Waals surface area contributed by atoms with Crippen molar-refractivity contribution in [3.05, 3.63) is 35.4 Å². The third-order valence-electron chi connectivity index (χ3n) is 2.09. The van der Waals surface area contributed by atoms with E-state index >= 15 is 0 Å². The molecule has 15 heavy (non-hydrogen) atoms. The number of hydrogen-bond acceptors (Lipinski definition) is 2. The molecule has 0 spiro atoms. The predicted octanol–water partition coefficient (Wildman–Crippen LogP) is 1.74. The van der Waals surface area contributed by atoms with Gasteiger partial charge in [0.25, 0.3) is 0 Å². The van der Waals surface area contributed by atoms with Gasteiger partial charge in [-0.2, -0.15) is 0 Å². The number of nitrogens with one attached hydrogen (secondary N) is 1. The highest BCUT2D eigenvalue weighted by atomic mass is 19.2. The van der Waals surface area contributed by atoms with Crippen LogP contribution in [0.25, 0.3) is 0 Å². The average Bonchev–Trinajstić information content (AvgIpc) is 2.24. The van der Waals surface area contributed by atoms with Gasteiger partial charge in [0, 0.05) is 13.7 Å². The highest BCUT2D eigenvalue weighted by Crippen LogP contribution is 2.11. The van der Waals surface area contributed by atoms with Gasteiger partial charge in [-0.15, -0.1) is 0 Å². The van der Waals surface area contributed by atoms with Crippen LogP contribution in [0.3, 0.4) is 0 Å². The van der Waals surface area contributed by atoms with Gasteiger partial charge in [-0.1, -0.05) is 12.1 Å². The van der Waals surface area contributed by atoms with Gasteiger partial charge < -0.3 is 10.1 Å². The molecular weight excluding hydrogens is 200 g/mol. The molecule has 0 amide bonds. The number of ether oxygens (including phenoxy) is 1. The molecule has 0 heterocycles. The second-order valence-electron chi connectivity index (χ2n) is 3.21. The maximum absolute atomic E-state index is 13.1. The van der Waals surface area contributed by atoms with Crippen LogP contribution in [0.15, 0.2) is 18.2 Å². The molecule has 0 unspecified atom stereocenters. The van der Waals surface area contributed by atoms with Gasteiger partial charge in [0.1, 0.15) is 0 Å². The largest absolute Gasteiger partial charge is 0.383 e. The summed E-state index contributed by atoms with van der Waals surface area (Å²) >= 11 is 0. The van der Waals surface area contributed by atoms with Crippen LogP contribution in [0.2, 0.25) is 0 Å². The van der Waals surface area contributed by atoms with E-state index in [2.05, 4.69) is 5.32 Å². The van der Waals surface area contributed by atoms with Crippen LogP contribution in [0.5, 0.6) is 0 Å². The minimum absolute atomic E-state index is 0.403. The van der Waals surface area contributed by atoms with E-state index in [9.17, 15) is 8.78 Å². The maximum atomic E-state index is 13.1. The van der Waals surface area contributed by atoms with Gasteiger partial charge in [0.2, 0.25) is 0 Å². The number of hydrogen-bond donors (Lipinski definition) is 1. The molecule has 0 aliphatic rings. The minimum Gasteiger partial charge on any atom is -0.383 e. The van der Waals surface area contributed by atoms with Gasteiger partial charge in [-0.05, 0) is 24.6 Å². The molecule has 4 heteroatoms. The Hall–Kier alpha value is -1.00. The second kappa shape index (κ2) is 6.48. The normalized spacial score (nSPS) is 10.6. The highest BCUT2D eigenvalue weighted by Gasteiger charge is 2.06. The molecule has 1 N–H and O–H groups in total. The molecule has 0 radical (unpaired) electrons. The fourth-order valence-electron chi connectivity index (χ4n) is 1.26. The van der Waals surface area contributed by atoms with Crippen LogP contribution in [0.4, 0.5) is 8.78 Å². The molecule has 0 atom stereocenters. The van der Waals surface area contributed by atoms with Crippen LogP contribution in [-0.4, -0.2) is 26.8 Å². The van der Waals surface area contributed by atoms with Crippen LogP contribution in [0.1, 0.15) is 5.56 Å². The lowest BCUT2D eigenvalue weighted by Crippen LogP contribution is -2.22. The smallest absolute Gasteiger partial charge is 0.162 e. The Morgan fingerprint density at radius 3 is 2.80 bits per heavy atom. The quantitative estimate of drug-likeness (QED) is 0.730. The van der Waals surface area contributed by atoms with Crippen LogP contribution in [0, 0.1) is 11.6 Å². The average molecular weight is 215 g/mol. The lowest BCUT2D eigenvalue weighted by atomic mass is 10.1. The van der Waals surface area contributed by atoms with E-state index in [1.165, 1.54) is 6.07 Å². The molecule has 2 nitrogen and oxygen atoms in total. The van der Waals surface area contributed by atoms with Crippen LogP contribution in [-0.2, 0) is 11.2 Å². The molecule has 0 aliphatic carbocycles. The Kier molecular flexibility index (Phi) is 5.21. The number of halogens is 2. The molecule has 0 saturated heterocycles. The minimum atomic E-state index is -0.788. The molecule has 1 rings (SSSR count). The Labute approximate surface area is 88.3 Å². The molecule has 0 bridgehead atoms. The Balaban J connectivity index is 2.34. The van der Waals surface area contributed by atoms with E-state index in [0.29, 0.717) is 31.7 Å². The Bertz CT molecular complexity index is 305. The first-order valence-electron chi connectivity index (χ1n) is 4.88. The van der Waals surface area contributed by atoms with E-state index in [1.807, 2.05) is 0 Å². The van der Waals surface area contributed by atoms with E-state index in [1.54, 1.807) is 13.2 Å². The SMILES string of the molecule is COCCNCCc1cccc(F)c1F. The molecule has 1 aromatic rings. The van der Waals surface area contributed by atoms with Crippen molar-refractivity contribution in [3.8, 4) is 0 Å². The second-order valence-corrected chi connectivity index (χ2v) is 3.21. The summed E-state index contributed by atoms with van der Waals surface area (Å²) in [5, 5.41) is 3.07. The van der Waals surface area contributed by atoms with Gasteiger partial charge in [-0.25, -0.2) is 8.78 Å². The van der Waals surface area contributed by atoms with Crippen molar-refractivity contribution in [1.29, 1.82) is 0 Å². The summed E-state index contributed by atoms with van der Waals surface area (Å²) in [7, 11) is 1.62. The van der Waals surface area contributed by atoms with Crippen LogP contribution >= 0.6 is 0 Å². The lowest BCUT2D eigenvalue weighted by molar-refractivity contribution is 0.199. The van der Waals surface area contributed by atoms with E-state index in [-0.39, 0.29) is 0 Å². The summed E-state index contributed by atoms with van der Waals surface area (Å²) in [5.41, 5.74) is 0.403. The first kappa shape index (κ1) is 12.1. The zero-order valence-electron chi connectivity index (χ0n) is 8.72. The Morgan fingerprint density at radius 1 is 1.27 bits per heavy atom. The number of methoxy groups -OCH3 is 1. The van der Waals surface area contributed by atoms with Crippen molar-refractivity contribution in [1.82, 2.24) is 5.32 Å². The number of rotatable bonds is 6. The van der Waals surface area contributed by atoms with E-state index in [0.717, 1.165) is 6.07 Å². The highest BCUT2D eigenvalue weighted by molar-refractivity contribution is 5.19. The first-order valence-corrected chi connectivity index (χ1v) is 4.88. The topological polar surface area (TPSA) is 21.3 Å². The molecule has 84 valence electrons. The third-order valence-corrected chi connectivity index (χ3v) is 2.09. The van der Waals surface area contributed by atoms with Gasteiger partial charge in [0.15, 0.2) is 11.6 Å². The standard InChI is InChI=1S/C11H15F2NO/c1-15-8-7-14-6-5-9-3-2-4-10(12)11(9)13/h2-4,14H,5-8H2,1H3. The molecule has 0 fully saturated rings. The van der Waals surface area contributed by atoms with Crippen LogP contribution < -0.4 is 5.32 Å². The monoisotopic (exact) mass is 215 g/mol. The molecule has 0 aromatic heterocycles. The fraction of sp³-hybridized carbons (Fsp3) is 0.455. The predicted molar refractivity (Wildman–Crippen MR) is 54.8 cm³/mol. The molecule has 0 saturated carbocycles. The summed E-state index contributed by atoms with van der Waals surface area (Å²) < 4.78 is 30.8.